The van der Waals surface area contributed by atoms with Crippen LogP contribution in [0.15, 0.2) is 29.2 Å². The number of carboxylic acid groups (broad SMARTS) is 1. The number of carboxylic acids is 1. The molecule has 2 heterocycles. The third-order valence-corrected chi connectivity index (χ3v) is 6.89. The maximum atomic E-state index is 12.6. The number of sulfone groups is 1. The van der Waals surface area contributed by atoms with Gasteiger partial charge in [-0.25, -0.2) is 13.2 Å². The van der Waals surface area contributed by atoms with Crippen molar-refractivity contribution >= 4 is 15.8 Å². The van der Waals surface area contributed by atoms with E-state index in [1.165, 1.54) is 12.8 Å². The van der Waals surface area contributed by atoms with Crippen LogP contribution in [0.4, 0.5) is 0 Å². The number of hydrogen-bond donors (Lipinski definition) is 1. The average Bonchev–Trinajstić information content (AvgIpc) is 2.76. The van der Waals surface area contributed by atoms with E-state index in [4.69, 9.17) is 0 Å². The lowest BCUT2D eigenvalue weighted by atomic mass is 10.0. The van der Waals surface area contributed by atoms with E-state index in [9.17, 15) is 18.3 Å². The predicted molar refractivity (Wildman–Crippen MR) is 92.3 cm³/mol. The Hall–Kier alpha value is -2.15. The van der Waals surface area contributed by atoms with Crippen LogP contribution in [-0.2, 0) is 15.6 Å². The fourth-order valence-corrected chi connectivity index (χ4v) is 5.63. The molecule has 7 heteroatoms. The number of fused-ring (bicyclic) bond motifs is 3. The summed E-state index contributed by atoms with van der Waals surface area (Å²) in [6, 6.07) is 6.96. The molecule has 1 fully saturated rings. The van der Waals surface area contributed by atoms with Crippen LogP contribution in [0.25, 0.3) is 11.3 Å². The monoisotopic (exact) mass is 360 g/mol. The number of rotatable bonds is 2. The molecular weight excluding hydrogens is 340 g/mol. The van der Waals surface area contributed by atoms with E-state index in [-0.39, 0.29) is 22.4 Å². The minimum Gasteiger partial charge on any atom is -0.476 e. The normalized spacial score (nSPS) is 19.7. The Balaban J connectivity index is 1.97. The molecule has 132 valence electrons. The van der Waals surface area contributed by atoms with Crippen LogP contribution in [0.3, 0.4) is 0 Å². The van der Waals surface area contributed by atoms with Crippen LogP contribution in [0.5, 0.6) is 0 Å². The van der Waals surface area contributed by atoms with Gasteiger partial charge in [0.15, 0.2) is 15.5 Å². The first-order chi connectivity index (χ1) is 12.0. The Labute approximate surface area is 146 Å². The highest BCUT2D eigenvalue weighted by Gasteiger charge is 2.36. The fraction of sp³-hybridized carbons (Fsp3) is 0.444. The molecule has 0 saturated heterocycles. The largest absolute Gasteiger partial charge is 0.476 e. The molecule has 0 unspecified atom stereocenters. The summed E-state index contributed by atoms with van der Waals surface area (Å²) in [6.45, 7) is 0. The van der Waals surface area contributed by atoms with Gasteiger partial charge in [-0.15, -0.1) is 0 Å². The summed E-state index contributed by atoms with van der Waals surface area (Å²) >= 11 is 0. The maximum absolute atomic E-state index is 12.6. The van der Waals surface area contributed by atoms with Crippen LogP contribution in [0.1, 0.15) is 60.6 Å². The first-order valence-electron chi connectivity index (χ1n) is 8.66. The number of aromatic carboxylic acids is 1. The first kappa shape index (κ1) is 16.3. The van der Waals surface area contributed by atoms with Crippen molar-refractivity contribution < 1.29 is 18.3 Å². The number of hydrogen-bond acceptors (Lipinski definition) is 4. The topological polar surface area (TPSA) is 89.3 Å². The fourth-order valence-electron chi connectivity index (χ4n) is 4.03. The molecule has 1 aliphatic carbocycles. The first-order valence-corrected chi connectivity index (χ1v) is 10.3. The molecule has 4 rings (SSSR count). The van der Waals surface area contributed by atoms with Gasteiger partial charge >= 0.3 is 5.97 Å². The van der Waals surface area contributed by atoms with E-state index in [0.29, 0.717) is 16.8 Å². The van der Waals surface area contributed by atoms with Gasteiger partial charge in [0.1, 0.15) is 0 Å². The van der Waals surface area contributed by atoms with Crippen molar-refractivity contribution in [2.45, 2.75) is 55.2 Å². The molecule has 1 aliphatic heterocycles. The molecule has 1 aromatic carbocycles. The van der Waals surface area contributed by atoms with E-state index in [1.807, 2.05) is 0 Å². The smallest absolute Gasteiger partial charge is 0.356 e. The SMILES string of the molecule is O=C(O)c1nn(C2CCCCCC2)c2c1CS(=O)(=O)c1ccccc1-2. The third-order valence-electron chi connectivity index (χ3n) is 5.19. The van der Waals surface area contributed by atoms with Crippen LogP contribution in [-0.4, -0.2) is 29.3 Å². The molecule has 1 N–H and O–H groups in total. The molecular formula is C18H20N2O4S. The zero-order valence-electron chi connectivity index (χ0n) is 13.8. The highest BCUT2D eigenvalue weighted by atomic mass is 32.2. The van der Waals surface area contributed by atoms with Gasteiger partial charge in [-0.1, -0.05) is 43.9 Å². The molecule has 0 radical (unpaired) electrons. The average molecular weight is 360 g/mol. The van der Waals surface area contributed by atoms with Crippen molar-refractivity contribution in [2.24, 2.45) is 0 Å². The Morgan fingerprint density at radius 3 is 2.48 bits per heavy atom. The molecule has 2 aliphatic rings. The highest BCUT2D eigenvalue weighted by Crippen LogP contribution is 2.42. The van der Waals surface area contributed by atoms with Crippen LogP contribution in [0, 0.1) is 0 Å². The molecule has 0 amide bonds. The van der Waals surface area contributed by atoms with Crippen LogP contribution < -0.4 is 0 Å². The van der Waals surface area contributed by atoms with Gasteiger partial charge in [0.2, 0.25) is 0 Å². The zero-order chi connectivity index (χ0) is 17.6. The lowest BCUT2D eigenvalue weighted by Crippen LogP contribution is -2.17. The van der Waals surface area contributed by atoms with E-state index in [2.05, 4.69) is 5.10 Å². The van der Waals surface area contributed by atoms with Crippen molar-refractivity contribution in [1.82, 2.24) is 9.78 Å². The van der Waals surface area contributed by atoms with Gasteiger partial charge in [0.25, 0.3) is 0 Å². The summed E-state index contributed by atoms with van der Waals surface area (Å²) in [6.07, 6.45) is 6.42. The van der Waals surface area contributed by atoms with Gasteiger partial charge in [0, 0.05) is 11.1 Å². The maximum Gasteiger partial charge on any atom is 0.356 e. The molecule has 0 bridgehead atoms. The molecule has 25 heavy (non-hydrogen) atoms. The van der Waals surface area contributed by atoms with Crippen molar-refractivity contribution in [1.29, 1.82) is 0 Å². The van der Waals surface area contributed by atoms with Crippen molar-refractivity contribution in [3.8, 4) is 11.3 Å². The number of carbonyl (C=O) groups is 1. The summed E-state index contributed by atoms with van der Waals surface area (Å²) in [5.41, 5.74) is 1.45. The minimum atomic E-state index is -3.55. The molecule has 0 spiro atoms. The minimum absolute atomic E-state index is 0.123. The molecule has 2 aromatic rings. The van der Waals surface area contributed by atoms with E-state index in [1.54, 1.807) is 28.9 Å². The van der Waals surface area contributed by atoms with Crippen molar-refractivity contribution in [3.63, 3.8) is 0 Å². The molecule has 1 saturated carbocycles. The van der Waals surface area contributed by atoms with Gasteiger partial charge in [0.05, 0.1) is 22.4 Å². The van der Waals surface area contributed by atoms with Crippen LogP contribution >= 0.6 is 0 Å². The Morgan fingerprint density at radius 2 is 1.80 bits per heavy atom. The van der Waals surface area contributed by atoms with Crippen LogP contribution in [0.2, 0.25) is 0 Å². The Bertz CT molecular complexity index is 938. The second-order valence-corrected chi connectivity index (χ2v) is 8.78. The van der Waals surface area contributed by atoms with Gasteiger partial charge < -0.3 is 5.11 Å². The Kier molecular flexibility index (Phi) is 3.91. The van der Waals surface area contributed by atoms with E-state index < -0.39 is 15.8 Å². The molecule has 6 nitrogen and oxygen atoms in total. The lowest BCUT2D eigenvalue weighted by Gasteiger charge is -2.23. The second kappa shape index (κ2) is 5.98. The molecule has 1 aromatic heterocycles. The number of nitrogens with zero attached hydrogens (tertiary/aromatic N) is 2. The van der Waals surface area contributed by atoms with Gasteiger partial charge in [-0.05, 0) is 18.9 Å². The molecule has 0 atom stereocenters. The Morgan fingerprint density at radius 1 is 1.12 bits per heavy atom. The number of benzene rings is 1. The van der Waals surface area contributed by atoms with Gasteiger partial charge in [-0.2, -0.15) is 5.10 Å². The summed E-state index contributed by atoms with van der Waals surface area (Å²) in [5.74, 6) is -1.47. The summed E-state index contributed by atoms with van der Waals surface area (Å²) in [4.78, 5) is 12.0. The third kappa shape index (κ3) is 2.66. The van der Waals surface area contributed by atoms with Crippen molar-refractivity contribution in [3.05, 3.63) is 35.5 Å². The highest BCUT2D eigenvalue weighted by molar-refractivity contribution is 7.90. The lowest BCUT2D eigenvalue weighted by molar-refractivity contribution is 0.0688. The predicted octanol–water partition coefficient (Wildman–Crippen LogP) is 3.43. The summed E-state index contributed by atoms with van der Waals surface area (Å²) < 4.78 is 27.0. The zero-order valence-corrected chi connectivity index (χ0v) is 14.6. The summed E-state index contributed by atoms with van der Waals surface area (Å²) in [5, 5.41) is 13.9. The number of aromatic nitrogens is 2. The standard InChI is InChI=1S/C18H20N2O4S/c21-18(22)16-14-11-25(23,24)15-10-6-5-9-13(15)17(14)20(19-16)12-7-3-1-2-4-8-12/h5-6,9-10,12H,1-4,7-8,11H2,(H,21,22). The van der Waals surface area contributed by atoms with Gasteiger partial charge in [-0.3, -0.25) is 4.68 Å². The van der Waals surface area contributed by atoms with E-state index in [0.717, 1.165) is 25.7 Å². The van der Waals surface area contributed by atoms with E-state index >= 15 is 0 Å². The van der Waals surface area contributed by atoms with Crippen molar-refractivity contribution in [2.75, 3.05) is 0 Å². The summed E-state index contributed by atoms with van der Waals surface area (Å²) in [7, 11) is -3.55. The quantitative estimate of drug-likeness (QED) is 0.829. The second-order valence-electron chi connectivity index (χ2n) is 6.83.